The number of aliphatic hydroxyl groups excluding tert-OH is 1. The second-order valence-corrected chi connectivity index (χ2v) is 3.60. The van der Waals surface area contributed by atoms with E-state index in [1.54, 1.807) is 0 Å². The molecule has 0 bridgehead atoms. The van der Waals surface area contributed by atoms with Crippen LogP contribution in [-0.4, -0.2) is 23.7 Å². The van der Waals surface area contributed by atoms with Crippen molar-refractivity contribution >= 4 is 0 Å². The minimum atomic E-state index is -5.07. The average molecular weight is 289 g/mol. The number of aliphatic hydroxyl groups is 1. The van der Waals surface area contributed by atoms with Crippen molar-refractivity contribution in [1.29, 1.82) is 0 Å². The Balaban J connectivity index is 3.07. The fourth-order valence-electron chi connectivity index (χ4n) is 1.35. The van der Waals surface area contributed by atoms with Gasteiger partial charge in [0.15, 0.2) is 6.10 Å². The van der Waals surface area contributed by atoms with Gasteiger partial charge in [-0.05, 0) is 6.07 Å². The first-order chi connectivity index (χ1) is 8.52. The zero-order valence-corrected chi connectivity index (χ0v) is 9.16. The normalized spacial score (nSPS) is 16.0. The summed E-state index contributed by atoms with van der Waals surface area (Å²) < 4.78 is 76.6. The van der Waals surface area contributed by atoms with Crippen molar-refractivity contribution in [2.24, 2.45) is 5.73 Å². The van der Waals surface area contributed by atoms with Crippen LogP contribution in [0.1, 0.15) is 11.6 Å². The second-order valence-electron chi connectivity index (χ2n) is 3.60. The highest BCUT2D eigenvalue weighted by atomic mass is 19.4. The van der Waals surface area contributed by atoms with E-state index in [-0.39, 0.29) is 0 Å². The number of alkyl halides is 6. The van der Waals surface area contributed by atoms with E-state index in [9.17, 15) is 26.3 Å². The summed E-state index contributed by atoms with van der Waals surface area (Å²) in [4.78, 5) is 0. The maximum atomic E-state index is 12.3. The zero-order valence-electron chi connectivity index (χ0n) is 9.16. The van der Waals surface area contributed by atoms with Gasteiger partial charge < -0.3 is 15.6 Å². The van der Waals surface area contributed by atoms with E-state index in [2.05, 4.69) is 4.74 Å². The first-order valence-corrected chi connectivity index (χ1v) is 4.87. The first kappa shape index (κ1) is 15.6. The van der Waals surface area contributed by atoms with E-state index in [1.807, 2.05) is 0 Å². The van der Waals surface area contributed by atoms with Crippen LogP contribution in [0.4, 0.5) is 26.3 Å². The lowest BCUT2D eigenvalue weighted by atomic mass is 10.0. The third-order valence-electron chi connectivity index (χ3n) is 2.18. The average Bonchev–Trinajstić information content (AvgIpc) is 2.24. The Morgan fingerprint density at radius 2 is 1.58 bits per heavy atom. The minimum absolute atomic E-state index is 0.593. The summed E-state index contributed by atoms with van der Waals surface area (Å²) in [5, 5.41) is 8.94. The van der Waals surface area contributed by atoms with Gasteiger partial charge in [0, 0.05) is 5.56 Å². The summed E-state index contributed by atoms with van der Waals surface area (Å²) in [6, 6.07) is 1.96. The van der Waals surface area contributed by atoms with Gasteiger partial charge in [0.2, 0.25) is 0 Å². The Morgan fingerprint density at radius 1 is 1.05 bits per heavy atom. The van der Waals surface area contributed by atoms with Crippen molar-refractivity contribution in [3.05, 3.63) is 29.8 Å². The highest BCUT2D eigenvalue weighted by molar-refractivity contribution is 5.36. The number of nitrogens with two attached hydrogens (primary N) is 1. The molecule has 1 aromatic carbocycles. The maximum Gasteiger partial charge on any atom is 0.573 e. The van der Waals surface area contributed by atoms with Crippen molar-refractivity contribution in [2.45, 2.75) is 24.7 Å². The van der Waals surface area contributed by atoms with E-state index in [0.29, 0.717) is 0 Å². The van der Waals surface area contributed by atoms with Crippen molar-refractivity contribution in [3.63, 3.8) is 0 Å². The molecule has 0 amide bonds. The number of benzene rings is 1. The summed E-state index contributed by atoms with van der Waals surface area (Å²) in [5.74, 6) is -0.884. The van der Waals surface area contributed by atoms with Crippen LogP contribution in [0.15, 0.2) is 24.3 Å². The molecular weight excluding hydrogens is 280 g/mol. The molecule has 1 rings (SSSR count). The Hall–Kier alpha value is -1.48. The molecule has 0 aromatic heterocycles. The molecule has 0 aliphatic heterocycles. The first-order valence-electron chi connectivity index (χ1n) is 4.87. The predicted molar refractivity (Wildman–Crippen MR) is 52.1 cm³/mol. The van der Waals surface area contributed by atoms with Crippen molar-refractivity contribution < 1.29 is 36.2 Å². The molecule has 0 unspecified atom stereocenters. The zero-order chi connectivity index (χ0) is 14.8. The molecular formula is C10H9F6NO2. The molecule has 3 N–H and O–H groups in total. The second kappa shape index (κ2) is 5.25. The van der Waals surface area contributed by atoms with Crippen LogP contribution in [0.25, 0.3) is 0 Å². The Labute approximate surface area is 103 Å². The summed E-state index contributed by atoms with van der Waals surface area (Å²) in [7, 11) is 0. The molecule has 19 heavy (non-hydrogen) atoms. The number of hydrogen-bond donors (Lipinski definition) is 2. The highest BCUT2D eigenvalue weighted by Gasteiger charge is 2.44. The number of halogens is 6. The van der Waals surface area contributed by atoms with E-state index < -0.39 is 36.0 Å². The van der Waals surface area contributed by atoms with E-state index >= 15 is 0 Å². The van der Waals surface area contributed by atoms with E-state index in [4.69, 9.17) is 10.8 Å². The van der Waals surface area contributed by atoms with Crippen LogP contribution in [0.3, 0.4) is 0 Å². The molecule has 0 spiro atoms. The monoisotopic (exact) mass is 289 g/mol. The summed E-state index contributed by atoms with van der Waals surface area (Å²) in [6.07, 6.45) is -13.1. The van der Waals surface area contributed by atoms with Gasteiger partial charge in [-0.2, -0.15) is 13.2 Å². The van der Waals surface area contributed by atoms with Crippen molar-refractivity contribution in [1.82, 2.24) is 0 Å². The largest absolute Gasteiger partial charge is 0.573 e. The van der Waals surface area contributed by atoms with E-state index in [0.717, 1.165) is 18.2 Å². The van der Waals surface area contributed by atoms with Crippen LogP contribution >= 0.6 is 0 Å². The minimum Gasteiger partial charge on any atom is -0.405 e. The molecule has 0 saturated carbocycles. The molecule has 1 aromatic rings. The molecule has 3 nitrogen and oxygen atoms in total. The van der Waals surface area contributed by atoms with Crippen molar-refractivity contribution in [2.75, 3.05) is 0 Å². The third kappa shape index (κ3) is 4.28. The van der Waals surface area contributed by atoms with Crippen LogP contribution in [0, 0.1) is 0 Å². The third-order valence-corrected chi connectivity index (χ3v) is 2.18. The molecule has 9 heteroatoms. The number of ether oxygens (including phenoxy) is 1. The van der Waals surface area contributed by atoms with Crippen LogP contribution < -0.4 is 10.5 Å². The van der Waals surface area contributed by atoms with Crippen molar-refractivity contribution in [3.8, 4) is 5.75 Å². The lowest BCUT2D eigenvalue weighted by molar-refractivity contribution is -0.275. The van der Waals surface area contributed by atoms with Gasteiger partial charge >= 0.3 is 12.5 Å². The molecule has 2 atom stereocenters. The van der Waals surface area contributed by atoms with E-state index in [1.165, 1.54) is 6.07 Å². The van der Waals surface area contributed by atoms with Crippen LogP contribution in [0.5, 0.6) is 5.75 Å². The standard InChI is InChI=1S/C10H9F6NO2/c11-9(12,13)8(18)7(17)5-3-1-2-4-6(5)19-10(14,15)16/h1-4,7-8,18H,17H2/t7-,8-/m0/s1. The molecule has 0 saturated heterocycles. The lowest BCUT2D eigenvalue weighted by Gasteiger charge is -2.23. The summed E-state index contributed by atoms with van der Waals surface area (Å²) in [5.41, 5.74) is 4.53. The molecule has 0 radical (unpaired) electrons. The number of rotatable bonds is 3. The molecule has 0 aliphatic rings. The number of para-hydroxylation sites is 1. The Bertz CT molecular complexity index is 431. The number of hydrogen-bond acceptors (Lipinski definition) is 3. The van der Waals surface area contributed by atoms with Gasteiger partial charge in [-0.1, -0.05) is 18.2 Å². The SMILES string of the molecule is N[C@@H](c1ccccc1OC(F)(F)F)[C@H](O)C(F)(F)F. The van der Waals surface area contributed by atoms with Gasteiger partial charge in [-0.3, -0.25) is 0 Å². The summed E-state index contributed by atoms with van der Waals surface area (Å²) in [6.45, 7) is 0. The van der Waals surface area contributed by atoms with Gasteiger partial charge in [-0.25, -0.2) is 0 Å². The van der Waals surface area contributed by atoms with Gasteiger partial charge in [0.25, 0.3) is 0 Å². The predicted octanol–water partition coefficient (Wildman–Crippen LogP) is 2.51. The van der Waals surface area contributed by atoms with Gasteiger partial charge in [-0.15, -0.1) is 13.2 Å². The van der Waals surface area contributed by atoms with Crippen LogP contribution in [0.2, 0.25) is 0 Å². The van der Waals surface area contributed by atoms with Gasteiger partial charge in [0.05, 0.1) is 6.04 Å². The molecule has 0 heterocycles. The molecule has 0 aliphatic carbocycles. The topological polar surface area (TPSA) is 55.5 Å². The Morgan fingerprint density at radius 3 is 2.05 bits per heavy atom. The fourth-order valence-corrected chi connectivity index (χ4v) is 1.35. The van der Waals surface area contributed by atoms with Crippen LogP contribution in [-0.2, 0) is 0 Å². The smallest absolute Gasteiger partial charge is 0.405 e. The fraction of sp³-hybridized carbons (Fsp3) is 0.400. The quantitative estimate of drug-likeness (QED) is 0.841. The molecule has 108 valence electrons. The van der Waals surface area contributed by atoms with Gasteiger partial charge in [0.1, 0.15) is 5.75 Å². The lowest BCUT2D eigenvalue weighted by Crippen LogP contribution is -2.39. The summed E-state index contributed by atoms with van der Waals surface area (Å²) >= 11 is 0. The Kier molecular flexibility index (Phi) is 4.31. The maximum absolute atomic E-state index is 12.3. The molecule has 0 fully saturated rings. The highest BCUT2D eigenvalue weighted by Crippen LogP contribution is 2.34.